The van der Waals surface area contributed by atoms with Gasteiger partial charge in [0.05, 0.1) is 24.6 Å². The summed E-state index contributed by atoms with van der Waals surface area (Å²) in [5.74, 6) is 0.355. The maximum Gasteiger partial charge on any atom is 0.264 e. The zero-order valence-electron chi connectivity index (χ0n) is 11.8. The minimum atomic E-state index is -3.79. The summed E-state index contributed by atoms with van der Waals surface area (Å²) in [6, 6.07) is 0. The molecule has 0 unspecified atom stereocenters. The van der Waals surface area contributed by atoms with Crippen LogP contribution >= 0.6 is 10.7 Å². The van der Waals surface area contributed by atoms with Crippen LogP contribution in [0.1, 0.15) is 39.8 Å². The summed E-state index contributed by atoms with van der Waals surface area (Å²) in [4.78, 5) is 0.0399. The van der Waals surface area contributed by atoms with Gasteiger partial charge in [-0.25, -0.2) is 8.42 Å². The Morgan fingerprint density at radius 2 is 2.05 bits per heavy atom. The lowest BCUT2D eigenvalue weighted by atomic mass is 10.2. The summed E-state index contributed by atoms with van der Waals surface area (Å²) in [7, 11) is 1.63. The molecule has 0 saturated carbocycles. The maximum absolute atomic E-state index is 11.5. The Morgan fingerprint density at radius 3 is 2.53 bits per heavy atom. The van der Waals surface area contributed by atoms with Gasteiger partial charge in [0, 0.05) is 17.2 Å². The van der Waals surface area contributed by atoms with E-state index >= 15 is 0 Å². The smallest absolute Gasteiger partial charge is 0.264 e. The number of hydrogen-bond donors (Lipinski definition) is 0. The highest BCUT2D eigenvalue weighted by Gasteiger charge is 2.22. The van der Waals surface area contributed by atoms with Crippen LogP contribution < -0.4 is 0 Å². The second kappa shape index (κ2) is 6.72. The van der Waals surface area contributed by atoms with Crippen LogP contribution in [-0.2, 0) is 26.9 Å². The van der Waals surface area contributed by atoms with Crippen molar-refractivity contribution in [3.8, 4) is 0 Å². The molecule has 110 valence electrons. The quantitative estimate of drug-likeness (QED) is 0.727. The van der Waals surface area contributed by atoms with Gasteiger partial charge in [0.2, 0.25) is 0 Å². The zero-order valence-corrected chi connectivity index (χ0v) is 13.3. The molecular formula is C12H21ClN2O3S. The first-order chi connectivity index (χ1) is 8.75. The molecule has 0 aliphatic rings. The van der Waals surface area contributed by atoms with Crippen LogP contribution in [0, 0.1) is 5.92 Å². The third-order valence-corrected chi connectivity index (χ3v) is 4.16. The third-order valence-electron chi connectivity index (χ3n) is 2.79. The molecule has 0 spiro atoms. The van der Waals surface area contributed by atoms with Crippen LogP contribution in [0.25, 0.3) is 0 Å². The summed E-state index contributed by atoms with van der Waals surface area (Å²) in [5, 5.41) is 4.10. The SMILES string of the molecule is CC[C@H](C)OCc1c(S(=O)(=O)Cl)cnn1CC(C)C. The molecule has 1 atom stereocenters. The van der Waals surface area contributed by atoms with E-state index in [2.05, 4.69) is 5.10 Å². The van der Waals surface area contributed by atoms with Gasteiger partial charge < -0.3 is 4.74 Å². The van der Waals surface area contributed by atoms with Crippen molar-refractivity contribution in [2.24, 2.45) is 5.92 Å². The number of halogens is 1. The van der Waals surface area contributed by atoms with E-state index in [0.717, 1.165) is 6.42 Å². The lowest BCUT2D eigenvalue weighted by Crippen LogP contribution is -2.14. The predicted molar refractivity (Wildman–Crippen MR) is 74.6 cm³/mol. The van der Waals surface area contributed by atoms with Crippen LogP contribution in [-0.4, -0.2) is 24.3 Å². The summed E-state index contributed by atoms with van der Waals surface area (Å²) >= 11 is 0. The van der Waals surface area contributed by atoms with Crippen LogP contribution in [0.15, 0.2) is 11.1 Å². The standard InChI is InChI=1S/C12H21ClN2O3S/c1-5-10(4)18-8-11-12(19(13,16)17)6-14-15(11)7-9(2)3/h6,9-10H,5,7-8H2,1-4H3/t10-/m0/s1. The molecule has 0 radical (unpaired) electrons. The molecule has 7 heteroatoms. The topological polar surface area (TPSA) is 61.2 Å². The molecule has 0 amide bonds. The number of aromatic nitrogens is 2. The molecule has 1 aromatic rings. The van der Waals surface area contributed by atoms with Crippen molar-refractivity contribution in [2.75, 3.05) is 0 Å². The zero-order chi connectivity index (χ0) is 14.6. The van der Waals surface area contributed by atoms with Crippen molar-refractivity contribution in [1.29, 1.82) is 0 Å². The second-order valence-electron chi connectivity index (χ2n) is 5.00. The van der Waals surface area contributed by atoms with E-state index in [0.29, 0.717) is 18.2 Å². The first-order valence-corrected chi connectivity index (χ1v) is 8.67. The molecule has 1 rings (SSSR count). The minimum absolute atomic E-state index is 0.0399. The molecule has 0 aliphatic heterocycles. The molecule has 0 fully saturated rings. The number of ether oxygens (including phenoxy) is 1. The average molecular weight is 309 g/mol. The Hall–Kier alpha value is -0.590. The van der Waals surface area contributed by atoms with E-state index in [-0.39, 0.29) is 17.6 Å². The van der Waals surface area contributed by atoms with Crippen LogP contribution in [0.2, 0.25) is 0 Å². The lowest BCUT2D eigenvalue weighted by molar-refractivity contribution is 0.0450. The highest BCUT2D eigenvalue weighted by Crippen LogP contribution is 2.22. The van der Waals surface area contributed by atoms with E-state index in [4.69, 9.17) is 15.4 Å². The Morgan fingerprint density at radius 1 is 1.42 bits per heavy atom. The van der Waals surface area contributed by atoms with E-state index in [1.807, 2.05) is 27.7 Å². The maximum atomic E-state index is 11.5. The fourth-order valence-corrected chi connectivity index (χ4v) is 2.59. The van der Waals surface area contributed by atoms with Gasteiger partial charge in [-0.05, 0) is 19.3 Å². The first-order valence-electron chi connectivity index (χ1n) is 6.36. The van der Waals surface area contributed by atoms with Gasteiger partial charge in [0.1, 0.15) is 4.90 Å². The fourth-order valence-electron chi connectivity index (χ4n) is 1.59. The Kier molecular flexibility index (Phi) is 5.82. The van der Waals surface area contributed by atoms with Gasteiger partial charge in [0.15, 0.2) is 0 Å². The number of nitrogens with zero attached hydrogens (tertiary/aromatic N) is 2. The van der Waals surface area contributed by atoms with Gasteiger partial charge in [-0.2, -0.15) is 5.10 Å². The fraction of sp³-hybridized carbons (Fsp3) is 0.750. The molecule has 1 aromatic heterocycles. The van der Waals surface area contributed by atoms with Crippen molar-refractivity contribution in [2.45, 2.75) is 58.3 Å². The van der Waals surface area contributed by atoms with E-state index in [1.165, 1.54) is 6.20 Å². The molecule has 0 N–H and O–H groups in total. The minimum Gasteiger partial charge on any atom is -0.372 e. The van der Waals surface area contributed by atoms with E-state index in [1.54, 1.807) is 4.68 Å². The second-order valence-corrected chi connectivity index (χ2v) is 7.53. The number of rotatable bonds is 7. The van der Waals surface area contributed by atoms with Gasteiger partial charge in [-0.3, -0.25) is 4.68 Å². The Balaban J connectivity index is 3.04. The van der Waals surface area contributed by atoms with Crippen LogP contribution in [0.5, 0.6) is 0 Å². The average Bonchev–Trinajstić information content (AvgIpc) is 2.67. The normalized spacial score (nSPS) is 14.0. The van der Waals surface area contributed by atoms with Crippen LogP contribution in [0.4, 0.5) is 0 Å². The summed E-state index contributed by atoms with van der Waals surface area (Å²) in [6.45, 7) is 8.85. The van der Waals surface area contributed by atoms with Gasteiger partial charge >= 0.3 is 0 Å². The van der Waals surface area contributed by atoms with Crippen molar-refractivity contribution >= 4 is 19.7 Å². The van der Waals surface area contributed by atoms with Gasteiger partial charge in [-0.1, -0.05) is 20.8 Å². The lowest BCUT2D eigenvalue weighted by Gasteiger charge is -2.14. The highest BCUT2D eigenvalue weighted by molar-refractivity contribution is 8.13. The molecule has 0 saturated heterocycles. The molecule has 5 nitrogen and oxygen atoms in total. The summed E-state index contributed by atoms with van der Waals surface area (Å²) in [5.41, 5.74) is 0.518. The molecule has 0 aromatic carbocycles. The Labute approximate surface area is 119 Å². The summed E-state index contributed by atoms with van der Waals surface area (Å²) in [6.07, 6.45) is 2.22. The first kappa shape index (κ1) is 16.5. The van der Waals surface area contributed by atoms with Crippen molar-refractivity contribution in [3.63, 3.8) is 0 Å². The monoisotopic (exact) mass is 308 g/mol. The van der Waals surface area contributed by atoms with Crippen molar-refractivity contribution in [1.82, 2.24) is 9.78 Å². The van der Waals surface area contributed by atoms with E-state index < -0.39 is 9.05 Å². The molecule has 19 heavy (non-hydrogen) atoms. The highest BCUT2D eigenvalue weighted by atomic mass is 35.7. The predicted octanol–water partition coefficient (Wildman–Crippen LogP) is 2.78. The molecular weight excluding hydrogens is 288 g/mol. The largest absolute Gasteiger partial charge is 0.372 e. The molecule has 1 heterocycles. The summed E-state index contributed by atoms with van der Waals surface area (Å²) < 4.78 is 30.3. The van der Waals surface area contributed by atoms with Gasteiger partial charge in [-0.15, -0.1) is 0 Å². The molecule has 0 bridgehead atoms. The van der Waals surface area contributed by atoms with Crippen molar-refractivity contribution in [3.05, 3.63) is 11.9 Å². The van der Waals surface area contributed by atoms with Crippen LogP contribution in [0.3, 0.4) is 0 Å². The van der Waals surface area contributed by atoms with Crippen molar-refractivity contribution < 1.29 is 13.2 Å². The van der Waals surface area contributed by atoms with Gasteiger partial charge in [0.25, 0.3) is 9.05 Å². The van der Waals surface area contributed by atoms with E-state index in [9.17, 15) is 8.42 Å². The molecule has 0 aliphatic carbocycles. The number of hydrogen-bond acceptors (Lipinski definition) is 4. The third kappa shape index (κ3) is 4.78. The Bertz CT molecular complexity index is 511.